The van der Waals surface area contributed by atoms with Crippen molar-refractivity contribution in [3.05, 3.63) is 35.4 Å². The minimum Gasteiger partial charge on any atom is -0.478 e. The lowest BCUT2D eigenvalue weighted by molar-refractivity contribution is -0.119. The van der Waals surface area contributed by atoms with E-state index in [9.17, 15) is 9.59 Å². The maximum Gasteiger partial charge on any atom is 0.335 e. The van der Waals surface area contributed by atoms with Gasteiger partial charge >= 0.3 is 5.97 Å². The molecule has 1 aromatic carbocycles. The van der Waals surface area contributed by atoms with Crippen molar-refractivity contribution in [2.24, 2.45) is 5.73 Å². The van der Waals surface area contributed by atoms with Crippen LogP contribution in [0, 0.1) is 0 Å². The third-order valence-electron chi connectivity index (χ3n) is 2.21. The minimum absolute atomic E-state index is 0.228. The molecule has 0 radical (unpaired) electrons. The van der Waals surface area contributed by atoms with E-state index in [0.717, 1.165) is 5.56 Å². The van der Waals surface area contributed by atoms with E-state index in [2.05, 4.69) is 5.32 Å². The molecule has 4 N–H and O–H groups in total. The SMILES string of the molecule is CC(NCc1cccc(C(=O)O)c1)C(N)=O. The van der Waals surface area contributed by atoms with Crippen LogP contribution in [0.1, 0.15) is 22.8 Å². The molecule has 0 aromatic heterocycles. The lowest BCUT2D eigenvalue weighted by atomic mass is 10.1. The number of rotatable bonds is 5. The van der Waals surface area contributed by atoms with Gasteiger partial charge in [0.25, 0.3) is 0 Å². The third kappa shape index (κ3) is 3.36. The van der Waals surface area contributed by atoms with Gasteiger partial charge in [-0.05, 0) is 24.6 Å². The van der Waals surface area contributed by atoms with Crippen LogP contribution in [0.2, 0.25) is 0 Å². The van der Waals surface area contributed by atoms with E-state index in [1.165, 1.54) is 6.07 Å². The van der Waals surface area contributed by atoms with E-state index in [1.54, 1.807) is 25.1 Å². The van der Waals surface area contributed by atoms with E-state index in [4.69, 9.17) is 10.8 Å². The summed E-state index contributed by atoms with van der Waals surface area (Å²) in [5.74, 6) is -1.40. The summed E-state index contributed by atoms with van der Waals surface area (Å²) in [6.07, 6.45) is 0. The number of benzene rings is 1. The van der Waals surface area contributed by atoms with Gasteiger partial charge in [-0.15, -0.1) is 0 Å². The number of carbonyl (C=O) groups is 2. The summed E-state index contributed by atoms with van der Waals surface area (Å²) in [5, 5.41) is 11.7. The molecule has 0 aliphatic rings. The summed E-state index contributed by atoms with van der Waals surface area (Å²) >= 11 is 0. The Hall–Kier alpha value is -1.88. The van der Waals surface area contributed by atoms with Crippen LogP contribution in [-0.2, 0) is 11.3 Å². The Kier molecular flexibility index (Phi) is 4.02. The van der Waals surface area contributed by atoms with Crippen molar-refractivity contribution in [2.45, 2.75) is 19.5 Å². The normalized spacial score (nSPS) is 12.1. The molecule has 1 aromatic rings. The number of hydrogen-bond donors (Lipinski definition) is 3. The van der Waals surface area contributed by atoms with E-state index in [1.807, 2.05) is 0 Å². The fraction of sp³-hybridized carbons (Fsp3) is 0.273. The second kappa shape index (κ2) is 5.27. The summed E-state index contributed by atoms with van der Waals surface area (Å²) in [5.41, 5.74) is 6.11. The second-order valence-electron chi connectivity index (χ2n) is 3.51. The van der Waals surface area contributed by atoms with E-state index in [-0.39, 0.29) is 5.56 Å². The molecule has 86 valence electrons. The van der Waals surface area contributed by atoms with E-state index >= 15 is 0 Å². The molecule has 0 bridgehead atoms. The van der Waals surface area contributed by atoms with Gasteiger partial charge in [-0.1, -0.05) is 12.1 Å². The van der Waals surface area contributed by atoms with Crippen LogP contribution in [0.15, 0.2) is 24.3 Å². The molecule has 1 rings (SSSR count). The lowest BCUT2D eigenvalue weighted by Crippen LogP contribution is -2.38. The number of aromatic carboxylic acids is 1. The molecule has 0 spiro atoms. The third-order valence-corrected chi connectivity index (χ3v) is 2.21. The first-order chi connectivity index (χ1) is 7.50. The highest BCUT2D eigenvalue weighted by Crippen LogP contribution is 2.05. The molecule has 5 heteroatoms. The van der Waals surface area contributed by atoms with E-state index in [0.29, 0.717) is 6.54 Å². The average Bonchev–Trinajstić information content (AvgIpc) is 2.26. The van der Waals surface area contributed by atoms with Gasteiger partial charge in [0, 0.05) is 6.54 Å². The van der Waals surface area contributed by atoms with Crippen molar-refractivity contribution in [1.29, 1.82) is 0 Å². The van der Waals surface area contributed by atoms with Crippen LogP contribution in [0.5, 0.6) is 0 Å². The fourth-order valence-electron chi connectivity index (χ4n) is 1.19. The Balaban J connectivity index is 2.64. The van der Waals surface area contributed by atoms with Crippen LogP contribution in [0.4, 0.5) is 0 Å². The number of amides is 1. The fourth-order valence-corrected chi connectivity index (χ4v) is 1.19. The van der Waals surface area contributed by atoms with Crippen molar-refractivity contribution < 1.29 is 14.7 Å². The van der Waals surface area contributed by atoms with Crippen LogP contribution in [0.3, 0.4) is 0 Å². The molecule has 0 saturated heterocycles. The molecule has 0 aliphatic heterocycles. The van der Waals surface area contributed by atoms with Crippen LogP contribution >= 0.6 is 0 Å². The number of primary amides is 1. The number of nitrogens with one attached hydrogen (secondary N) is 1. The van der Waals surface area contributed by atoms with Gasteiger partial charge in [0.05, 0.1) is 11.6 Å². The summed E-state index contributed by atoms with van der Waals surface area (Å²) in [6.45, 7) is 2.06. The first-order valence-electron chi connectivity index (χ1n) is 4.85. The topological polar surface area (TPSA) is 92.4 Å². The van der Waals surface area contributed by atoms with Gasteiger partial charge in [0.1, 0.15) is 0 Å². The molecule has 1 unspecified atom stereocenters. The first-order valence-corrected chi connectivity index (χ1v) is 4.85. The highest BCUT2D eigenvalue weighted by Gasteiger charge is 2.08. The van der Waals surface area contributed by atoms with E-state index < -0.39 is 17.9 Å². The summed E-state index contributed by atoms with van der Waals surface area (Å²) in [7, 11) is 0. The van der Waals surface area contributed by atoms with Gasteiger partial charge in [-0.25, -0.2) is 4.79 Å². The molecule has 0 aliphatic carbocycles. The Morgan fingerprint density at radius 1 is 1.50 bits per heavy atom. The van der Waals surface area contributed by atoms with Crippen LogP contribution < -0.4 is 11.1 Å². The highest BCUT2D eigenvalue weighted by molar-refractivity contribution is 5.87. The van der Waals surface area contributed by atoms with Crippen molar-refractivity contribution in [2.75, 3.05) is 0 Å². The van der Waals surface area contributed by atoms with Crippen LogP contribution in [0.25, 0.3) is 0 Å². The Bertz CT molecular complexity index is 404. The van der Waals surface area contributed by atoms with Crippen molar-refractivity contribution in [3.63, 3.8) is 0 Å². The molecule has 5 nitrogen and oxygen atoms in total. The Labute approximate surface area is 93.3 Å². The quantitative estimate of drug-likeness (QED) is 0.670. The largest absolute Gasteiger partial charge is 0.478 e. The maximum absolute atomic E-state index is 10.8. The molecule has 0 saturated carbocycles. The summed E-state index contributed by atoms with van der Waals surface area (Å²) < 4.78 is 0. The Morgan fingerprint density at radius 3 is 2.75 bits per heavy atom. The summed E-state index contributed by atoms with van der Waals surface area (Å²) in [4.78, 5) is 21.5. The van der Waals surface area contributed by atoms with Gasteiger partial charge in [-0.3, -0.25) is 4.79 Å². The molecule has 1 atom stereocenters. The highest BCUT2D eigenvalue weighted by atomic mass is 16.4. The van der Waals surface area contributed by atoms with Crippen LogP contribution in [-0.4, -0.2) is 23.0 Å². The Morgan fingerprint density at radius 2 is 2.19 bits per heavy atom. The number of carboxylic acid groups (broad SMARTS) is 1. The number of carbonyl (C=O) groups excluding carboxylic acids is 1. The monoisotopic (exact) mass is 222 g/mol. The predicted molar refractivity (Wildman–Crippen MR) is 58.9 cm³/mol. The molecule has 16 heavy (non-hydrogen) atoms. The lowest BCUT2D eigenvalue weighted by Gasteiger charge is -2.10. The standard InChI is InChI=1S/C11H14N2O3/c1-7(10(12)14)13-6-8-3-2-4-9(5-8)11(15)16/h2-5,7,13H,6H2,1H3,(H2,12,14)(H,15,16). The molecule has 1 amide bonds. The summed E-state index contributed by atoms with van der Waals surface area (Å²) in [6, 6.07) is 6.09. The second-order valence-corrected chi connectivity index (χ2v) is 3.51. The zero-order valence-corrected chi connectivity index (χ0v) is 8.93. The molecular weight excluding hydrogens is 208 g/mol. The smallest absolute Gasteiger partial charge is 0.335 e. The molecular formula is C11H14N2O3. The first kappa shape index (κ1) is 12.2. The minimum atomic E-state index is -0.968. The number of hydrogen-bond acceptors (Lipinski definition) is 3. The maximum atomic E-state index is 10.8. The average molecular weight is 222 g/mol. The van der Waals surface area contributed by atoms with Crippen molar-refractivity contribution in [1.82, 2.24) is 5.32 Å². The van der Waals surface area contributed by atoms with Gasteiger partial charge < -0.3 is 16.2 Å². The van der Waals surface area contributed by atoms with Crippen molar-refractivity contribution >= 4 is 11.9 Å². The van der Waals surface area contributed by atoms with Gasteiger partial charge in [-0.2, -0.15) is 0 Å². The zero-order valence-electron chi connectivity index (χ0n) is 8.93. The predicted octanol–water partition coefficient (Wildman–Crippen LogP) is 0.348. The van der Waals surface area contributed by atoms with Crippen molar-refractivity contribution in [3.8, 4) is 0 Å². The number of carboxylic acids is 1. The number of nitrogens with two attached hydrogens (primary N) is 1. The van der Waals surface area contributed by atoms with Gasteiger partial charge in [0.15, 0.2) is 0 Å². The van der Waals surface area contributed by atoms with Gasteiger partial charge in [0.2, 0.25) is 5.91 Å². The zero-order chi connectivity index (χ0) is 12.1. The molecule has 0 fully saturated rings. The molecule has 0 heterocycles.